The fourth-order valence-electron chi connectivity index (χ4n) is 3.17. The Kier molecular flexibility index (Phi) is 2.67. The van der Waals surface area contributed by atoms with Crippen LogP contribution in [0.25, 0.3) is 10.8 Å². The van der Waals surface area contributed by atoms with Crippen LogP contribution in [0, 0.1) is 11.3 Å². The molecule has 1 aliphatic rings. The predicted molar refractivity (Wildman–Crippen MR) is 77.6 cm³/mol. The summed E-state index contributed by atoms with van der Waals surface area (Å²) >= 11 is 0. The van der Waals surface area contributed by atoms with Gasteiger partial charge in [0.25, 0.3) is 0 Å². The van der Waals surface area contributed by atoms with Gasteiger partial charge in [0.1, 0.15) is 0 Å². The molecule has 1 heteroatoms. The van der Waals surface area contributed by atoms with Gasteiger partial charge in [-0.25, -0.2) is 0 Å². The summed E-state index contributed by atoms with van der Waals surface area (Å²) in [6.45, 7) is 4.74. The fourth-order valence-corrected chi connectivity index (χ4v) is 3.17. The molecule has 2 unspecified atom stereocenters. The summed E-state index contributed by atoms with van der Waals surface area (Å²) in [5.74, 6) is 0.758. The van der Waals surface area contributed by atoms with Crippen molar-refractivity contribution >= 4 is 10.8 Å². The molecule has 0 amide bonds. The van der Waals surface area contributed by atoms with Gasteiger partial charge in [-0.15, -0.1) is 0 Å². The normalized spacial score (nSPS) is 22.9. The number of hydrogen-bond donors (Lipinski definition) is 1. The average molecular weight is 239 g/mol. The lowest BCUT2D eigenvalue weighted by Crippen LogP contribution is -2.20. The second-order valence-corrected chi connectivity index (χ2v) is 6.13. The van der Waals surface area contributed by atoms with Gasteiger partial charge in [0.05, 0.1) is 0 Å². The zero-order valence-electron chi connectivity index (χ0n) is 11.4. The van der Waals surface area contributed by atoms with Crippen LogP contribution in [-0.4, -0.2) is 7.05 Å². The van der Waals surface area contributed by atoms with Gasteiger partial charge < -0.3 is 5.32 Å². The third-order valence-corrected chi connectivity index (χ3v) is 4.46. The Labute approximate surface area is 109 Å². The first-order chi connectivity index (χ1) is 8.63. The van der Waals surface area contributed by atoms with Crippen LogP contribution in [0.5, 0.6) is 0 Å². The molecule has 3 rings (SSSR count). The highest BCUT2D eigenvalue weighted by molar-refractivity contribution is 5.86. The van der Waals surface area contributed by atoms with E-state index in [0.717, 1.165) is 5.92 Å². The van der Waals surface area contributed by atoms with E-state index in [4.69, 9.17) is 0 Å². The molecule has 0 aromatic heterocycles. The SMILES string of the molecule is CNC(c1cccc2ccccc12)C1CC1(C)C. The van der Waals surface area contributed by atoms with E-state index >= 15 is 0 Å². The minimum Gasteiger partial charge on any atom is -0.313 e. The number of hydrogen-bond acceptors (Lipinski definition) is 1. The first-order valence-electron chi connectivity index (χ1n) is 6.78. The number of nitrogens with one attached hydrogen (secondary N) is 1. The largest absolute Gasteiger partial charge is 0.313 e. The first-order valence-corrected chi connectivity index (χ1v) is 6.78. The molecule has 2 atom stereocenters. The lowest BCUT2D eigenvalue weighted by atomic mass is 9.93. The van der Waals surface area contributed by atoms with Crippen LogP contribution in [0.1, 0.15) is 31.9 Å². The molecule has 1 saturated carbocycles. The Bertz CT molecular complexity index is 565. The Morgan fingerprint density at radius 3 is 2.44 bits per heavy atom. The van der Waals surface area contributed by atoms with Gasteiger partial charge in [-0.3, -0.25) is 0 Å². The second-order valence-electron chi connectivity index (χ2n) is 6.13. The zero-order chi connectivity index (χ0) is 12.8. The van der Waals surface area contributed by atoms with Crippen LogP contribution < -0.4 is 5.32 Å². The van der Waals surface area contributed by atoms with E-state index in [-0.39, 0.29) is 0 Å². The maximum absolute atomic E-state index is 3.53. The molecule has 1 fully saturated rings. The maximum Gasteiger partial charge on any atom is 0.0357 e. The smallest absolute Gasteiger partial charge is 0.0357 e. The van der Waals surface area contributed by atoms with E-state index in [1.54, 1.807) is 0 Å². The van der Waals surface area contributed by atoms with Crippen molar-refractivity contribution in [1.29, 1.82) is 0 Å². The topological polar surface area (TPSA) is 12.0 Å². The van der Waals surface area contributed by atoms with Crippen molar-refractivity contribution in [3.05, 3.63) is 48.0 Å². The van der Waals surface area contributed by atoms with Crippen molar-refractivity contribution < 1.29 is 0 Å². The highest BCUT2D eigenvalue weighted by Crippen LogP contribution is 2.58. The van der Waals surface area contributed by atoms with Gasteiger partial charge >= 0.3 is 0 Å². The summed E-state index contributed by atoms with van der Waals surface area (Å²) in [4.78, 5) is 0. The third-order valence-electron chi connectivity index (χ3n) is 4.46. The molecule has 94 valence electrons. The van der Waals surface area contributed by atoms with E-state index in [2.05, 4.69) is 68.7 Å². The molecule has 1 N–H and O–H groups in total. The lowest BCUT2D eigenvalue weighted by Gasteiger charge is -2.20. The number of fused-ring (bicyclic) bond motifs is 1. The monoisotopic (exact) mass is 239 g/mol. The summed E-state index contributed by atoms with van der Waals surface area (Å²) in [6, 6.07) is 15.8. The van der Waals surface area contributed by atoms with Gasteiger partial charge in [-0.05, 0) is 41.1 Å². The molecule has 1 aliphatic carbocycles. The summed E-state index contributed by atoms with van der Waals surface area (Å²) < 4.78 is 0. The maximum atomic E-state index is 3.53. The van der Waals surface area contributed by atoms with Gasteiger partial charge in [0.15, 0.2) is 0 Å². The van der Waals surface area contributed by atoms with Crippen molar-refractivity contribution in [2.75, 3.05) is 7.05 Å². The molecule has 2 aromatic carbocycles. The molecule has 0 heterocycles. The van der Waals surface area contributed by atoms with Gasteiger partial charge in [0, 0.05) is 6.04 Å². The average Bonchev–Trinajstić information content (AvgIpc) is 2.99. The second kappa shape index (κ2) is 4.10. The van der Waals surface area contributed by atoms with Crippen LogP contribution in [0.3, 0.4) is 0 Å². The molecule has 0 radical (unpaired) electrons. The number of rotatable bonds is 3. The van der Waals surface area contributed by atoms with Gasteiger partial charge in [0.2, 0.25) is 0 Å². The highest BCUT2D eigenvalue weighted by Gasteiger charge is 2.50. The van der Waals surface area contributed by atoms with Gasteiger partial charge in [-0.1, -0.05) is 56.3 Å². The molecule has 1 nitrogen and oxygen atoms in total. The van der Waals surface area contributed by atoms with E-state index in [1.807, 2.05) is 0 Å². The summed E-state index contributed by atoms with van der Waals surface area (Å²) in [5.41, 5.74) is 1.94. The highest BCUT2D eigenvalue weighted by atomic mass is 14.9. The molecule has 2 aromatic rings. The summed E-state index contributed by atoms with van der Waals surface area (Å²) in [6.07, 6.45) is 1.32. The van der Waals surface area contributed by atoms with Crippen molar-refractivity contribution in [3.8, 4) is 0 Å². The summed E-state index contributed by atoms with van der Waals surface area (Å²) in [7, 11) is 2.08. The minimum absolute atomic E-state index is 0.478. The van der Waals surface area contributed by atoms with Crippen LogP contribution in [0.2, 0.25) is 0 Å². The molecule has 0 aliphatic heterocycles. The molecular formula is C17H21N. The predicted octanol–water partition coefficient (Wildman–Crippen LogP) is 4.15. The minimum atomic E-state index is 0.478. The quantitative estimate of drug-likeness (QED) is 0.848. The van der Waals surface area contributed by atoms with Crippen LogP contribution in [0.4, 0.5) is 0 Å². The summed E-state index contributed by atoms with van der Waals surface area (Å²) in [5, 5.41) is 6.26. The van der Waals surface area contributed by atoms with Crippen LogP contribution >= 0.6 is 0 Å². The zero-order valence-corrected chi connectivity index (χ0v) is 11.4. The van der Waals surface area contributed by atoms with E-state index in [9.17, 15) is 0 Å². The van der Waals surface area contributed by atoms with Crippen molar-refractivity contribution in [2.24, 2.45) is 11.3 Å². The number of benzene rings is 2. The van der Waals surface area contributed by atoms with Crippen molar-refractivity contribution in [2.45, 2.75) is 26.3 Å². The van der Waals surface area contributed by atoms with E-state index < -0.39 is 0 Å². The lowest BCUT2D eigenvalue weighted by molar-refractivity contribution is 0.443. The van der Waals surface area contributed by atoms with Crippen molar-refractivity contribution in [3.63, 3.8) is 0 Å². The van der Waals surface area contributed by atoms with E-state index in [1.165, 1.54) is 22.8 Å². The Morgan fingerprint density at radius 1 is 1.11 bits per heavy atom. The third kappa shape index (κ3) is 1.83. The molecule has 0 bridgehead atoms. The molecule has 18 heavy (non-hydrogen) atoms. The molecule has 0 saturated heterocycles. The standard InChI is InChI=1S/C17H21N/c1-17(2)11-15(17)16(18-3)14-10-6-8-12-7-4-5-9-13(12)14/h4-10,15-16,18H,11H2,1-3H3. The first kappa shape index (κ1) is 11.7. The Hall–Kier alpha value is -1.34. The van der Waals surface area contributed by atoms with Crippen LogP contribution in [0.15, 0.2) is 42.5 Å². The molecular weight excluding hydrogens is 218 g/mol. The van der Waals surface area contributed by atoms with Crippen LogP contribution in [-0.2, 0) is 0 Å². The van der Waals surface area contributed by atoms with Gasteiger partial charge in [-0.2, -0.15) is 0 Å². The Balaban J connectivity index is 2.08. The Morgan fingerprint density at radius 2 is 1.78 bits per heavy atom. The fraction of sp³-hybridized carbons (Fsp3) is 0.412. The molecule has 0 spiro atoms. The van der Waals surface area contributed by atoms with Crippen molar-refractivity contribution in [1.82, 2.24) is 5.32 Å². The van der Waals surface area contributed by atoms with E-state index in [0.29, 0.717) is 11.5 Å².